The van der Waals surface area contributed by atoms with Gasteiger partial charge in [-0.3, -0.25) is 4.48 Å². The molecule has 0 aromatic rings. The van der Waals surface area contributed by atoms with Gasteiger partial charge in [-0.05, 0) is 12.8 Å². The molecule has 0 N–H and O–H groups in total. The average Bonchev–Trinajstić information content (AvgIpc) is 2.17. The SMILES string of the molecule is C=CC(=O)OC(C)[N+](C)(C)CCCCC. The molecule has 0 radical (unpaired) electrons. The number of esters is 1. The van der Waals surface area contributed by atoms with Gasteiger partial charge in [-0.1, -0.05) is 19.9 Å². The maximum Gasteiger partial charge on any atom is 0.334 e. The van der Waals surface area contributed by atoms with Crippen molar-refractivity contribution in [2.24, 2.45) is 0 Å². The number of carbonyl (C=O) groups excluding carboxylic acids is 1. The van der Waals surface area contributed by atoms with Crippen LogP contribution in [0.25, 0.3) is 0 Å². The lowest BCUT2D eigenvalue weighted by atomic mass is 10.2. The maximum atomic E-state index is 11.0. The quantitative estimate of drug-likeness (QED) is 0.214. The van der Waals surface area contributed by atoms with E-state index in [1.807, 2.05) is 6.92 Å². The summed E-state index contributed by atoms with van der Waals surface area (Å²) in [6.45, 7) is 8.52. The van der Waals surface area contributed by atoms with Crippen molar-refractivity contribution in [3.63, 3.8) is 0 Å². The maximum absolute atomic E-state index is 11.0. The van der Waals surface area contributed by atoms with Crippen LogP contribution in [0.1, 0.15) is 33.1 Å². The Bertz CT molecular complexity index is 212. The summed E-state index contributed by atoms with van der Waals surface area (Å²) < 4.78 is 5.92. The highest BCUT2D eigenvalue weighted by atomic mass is 16.6. The first-order valence-corrected chi connectivity index (χ1v) is 5.59. The lowest BCUT2D eigenvalue weighted by molar-refractivity contribution is -0.932. The van der Waals surface area contributed by atoms with Gasteiger partial charge in [0, 0.05) is 13.0 Å². The van der Waals surface area contributed by atoms with Gasteiger partial charge in [0.2, 0.25) is 6.23 Å². The van der Waals surface area contributed by atoms with Crippen molar-refractivity contribution in [3.05, 3.63) is 12.7 Å². The monoisotopic (exact) mass is 214 g/mol. The number of hydrogen-bond acceptors (Lipinski definition) is 2. The third-order valence-corrected chi connectivity index (χ3v) is 2.78. The molecule has 88 valence electrons. The van der Waals surface area contributed by atoms with Crippen molar-refractivity contribution in [2.45, 2.75) is 39.3 Å². The third-order valence-electron chi connectivity index (χ3n) is 2.78. The minimum atomic E-state index is -0.343. The van der Waals surface area contributed by atoms with Crippen molar-refractivity contribution in [3.8, 4) is 0 Å². The van der Waals surface area contributed by atoms with Crippen LogP contribution in [-0.4, -0.2) is 37.3 Å². The molecular formula is C12H24NO2+. The highest BCUT2D eigenvalue weighted by Crippen LogP contribution is 2.11. The van der Waals surface area contributed by atoms with Crippen LogP contribution < -0.4 is 0 Å². The first-order chi connectivity index (χ1) is 6.94. The molecule has 0 aliphatic rings. The predicted molar refractivity (Wildman–Crippen MR) is 62.3 cm³/mol. The van der Waals surface area contributed by atoms with E-state index in [1.54, 1.807) is 0 Å². The van der Waals surface area contributed by atoms with Gasteiger partial charge in [-0.15, -0.1) is 0 Å². The van der Waals surface area contributed by atoms with Gasteiger partial charge in [-0.25, -0.2) is 4.79 Å². The van der Waals surface area contributed by atoms with E-state index in [0.29, 0.717) is 4.48 Å². The zero-order valence-corrected chi connectivity index (χ0v) is 10.5. The third kappa shape index (κ3) is 5.57. The van der Waals surface area contributed by atoms with E-state index >= 15 is 0 Å². The number of nitrogens with zero attached hydrogens (tertiary/aromatic N) is 1. The van der Waals surface area contributed by atoms with Crippen LogP contribution in [0, 0.1) is 0 Å². The fraction of sp³-hybridized carbons (Fsp3) is 0.750. The molecule has 0 spiro atoms. The Balaban J connectivity index is 4.06. The van der Waals surface area contributed by atoms with Crippen molar-refractivity contribution < 1.29 is 14.0 Å². The van der Waals surface area contributed by atoms with Gasteiger partial charge < -0.3 is 4.74 Å². The smallest absolute Gasteiger partial charge is 0.334 e. The molecule has 0 saturated heterocycles. The molecule has 0 amide bonds. The fourth-order valence-electron chi connectivity index (χ4n) is 1.31. The summed E-state index contributed by atoms with van der Waals surface area (Å²) in [7, 11) is 4.16. The first kappa shape index (κ1) is 14.2. The summed E-state index contributed by atoms with van der Waals surface area (Å²) in [6.07, 6.45) is 4.69. The fourth-order valence-corrected chi connectivity index (χ4v) is 1.31. The summed E-state index contributed by atoms with van der Waals surface area (Å²) in [5.41, 5.74) is 0. The molecule has 1 unspecified atom stereocenters. The summed E-state index contributed by atoms with van der Waals surface area (Å²) >= 11 is 0. The van der Waals surface area contributed by atoms with Crippen LogP contribution in [0.15, 0.2) is 12.7 Å². The Morgan fingerprint density at radius 1 is 1.47 bits per heavy atom. The van der Waals surface area contributed by atoms with E-state index in [4.69, 9.17) is 4.74 Å². The van der Waals surface area contributed by atoms with Crippen molar-refractivity contribution in [1.82, 2.24) is 0 Å². The second-order valence-corrected chi connectivity index (χ2v) is 4.45. The van der Waals surface area contributed by atoms with Gasteiger partial charge in [-0.2, -0.15) is 0 Å². The van der Waals surface area contributed by atoms with Crippen molar-refractivity contribution >= 4 is 5.97 Å². The Labute approximate surface area is 93.3 Å². The number of unbranched alkanes of at least 4 members (excludes halogenated alkanes) is 2. The molecule has 1 atom stereocenters. The zero-order chi connectivity index (χ0) is 11.9. The molecule has 0 rings (SSSR count). The molecular weight excluding hydrogens is 190 g/mol. The van der Waals surface area contributed by atoms with Gasteiger partial charge in [0.05, 0.1) is 20.6 Å². The van der Waals surface area contributed by atoms with Crippen LogP contribution in [0.3, 0.4) is 0 Å². The zero-order valence-electron chi connectivity index (χ0n) is 10.5. The molecule has 0 heterocycles. The standard InChI is InChI=1S/C12H24NO2/c1-6-8-9-10-13(4,5)11(3)15-12(14)7-2/h7,11H,2,6,8-10H2,1,3-5H3/q+1. The van der Waals surface area contributed by atoms with Crippen LogP contribution in [0.5, 0.6) is 0 Å². The normalized spacial score (nSPS) is 13.3. The van der Waals surface area contributed by atoms with E-state index in [0.717, 1.165) is 6.54 Å². The molecule has 0 aliphatic heterocycles. The van der Waals surface area contributed by atoms with E-state index in [9.17, 15) is 4.79 Å². The largest absolute Gasteiger partial charge is 0.410 e. The second kappa shape index (κ2) is 6.62. The van der Waals surface area contributed by atoms with E-state index < -0.39 is 0 Å². The molecule has 0 fully saturated rings. The summed E-state index contributed by atoms with van der Waals surface area (Å²) in [5, 5.41) is 0. The molecule has 15 heavy (non-hydrogen) atoms. The highest BCUT2D eigenvalue weighted by molar-refractivity contribution is 5.81. The predicted octanol–water partition coefficient (Wildman–Crippen LogP) is 2.33. The Hall–Kier alpha value is -0.830. The van der Waals surface area contributed by atoms with Crippen LogP contribution in [-0.2, 0) is 9.53 Å². The van der Waals surface area contributed by atoms with Crippen LogP contribution in [0.2, 0.25) is 0 Å². The van der Waals surface area contributed by atoms with E-state index in [1.165, 1.54) is 25.3 Å². The Kier molecular flexibility index (Phi) is 6.25. The van der Waals surface area contributed by atoms with Crippen molar-refractivity contribution in [1.29, 1.82) is 0 Å². The average molecular weight is 214 g/mol. The number of carbonyl (C=O) groups is 1. The molecule has 3 nitrogen and oxygen atoms in total. The molecule has 0 bridgehead atoms. The number of quaternary nitrogens is 1. The molecule has 0 aromatic carbocycles. The molecule has 0 aliphatic carbocycles. The Morgan fingerprint density at radius 2 is 2.07 bits per heavy atom. The highest BCUT2D eigenvalue weighted by Gasteiger charge is 2.25. The minimum absolute atomic E-state index is 0.118. The number of ether oxygens (including phenoxy) is 1. The first-order valence-electron chi connectivity index (χ1n) is 5.59. The topological polar surface area (TPSA) is 26.3 Å². The molecule has 3 heteroatoms. The minimum Gasteiger partial charge on any atom is -0.410 e. The molecule has 0 aromatic heterocycles. The lowest BCUT2D eigenvalue weighted by Crippen LogP contribution is -2.49. The molecule has 0 saturated carbocycles. The van der Waals surface area contributed by atoms with E-state index in [2.05, 4.69) is 27.6 Å². The summed E-state index contributed by atoms with van der Waals surface area (Å²) in [6, 6.07) is 0. The summed E-state index contributed by atoms with van der Waals surface area (Å²) in [5.74, 6) is -0.343. The Morgan fingerprint density at radius 3 is 2.53 bits per heavy atom. The van der Waals surface area contributed by atoms with Gasteiger partial charge in [0.1, 0.15) is 0 Å². The van der Waals surface area contributed by atoms with E-state index in [-0.39, 0.29) is 12.2 Å². The number of rotatable bonds is 7. The van der Waals surface area contributed by atoms with Crippen LogP contribution >= 0.6 is 0 Å². The van der Waals surface area contributed by atoms with Crippen molar-refractivity contribution in [2.75, 3.05) is 20.6 Å². The van der Waals surface area contributed by atoms with Gasteiger partial charge in [0.15, 0.2) is 0 Å². The number of hydrogen-bond donors (Lipinski definition) is 0. The lowest BCUT2D eigenvalue weighted by Gasteiger charge is -2.34. The van der Waals surface area contributed by atoms with Crippen LogP contribution in [0.4, 0.5) is 0 Å². The van der Waals surface area contributed by atoms with Gasteiger partial charge >= 0.3 is 5.97 Å². The second-order valence-electron chi connectivity index (χ2n) is 4.45. The van der Waals surface area contributed by atoms with Gasteiger partial charge in [0.25, 0.3) is 0 Å². The summed E-state index contributed by atoms with van der Waals surface area (Å²) in [4.78, 5) is 11.0.